The minimum Gasteiger partial charge on any atom is -0.411 e. The summed E-state index contributed by atoms with van der Waals surface area (Å²) in [7, 11) is 0. The number of hydrogen-bond donors (Lipinski definition) is 3. The normalized spacial score (nSPS) is 54.2. The molecule has 4 rings (SSSR count). The van der Waals surface area contributed by atoms with Crippen LogP contribution in [0, 0.1) is 28.6 Å². The summed E-state index contributed by atoms with van der Waals surface area (Å²) in [6.45, 7) is 4.57. The van der Waals surface area contributed by atoms with Gasteiger partial charge in [0.2, 0.25) is 0 Å². The smallest absolute Gasteiger partial charge is 0.0833 e. The van der Waals surface area contributed by atoms with E-state index in [2.05, 4.69) is 19.0 Å². The van der Waals surface area contributed by atoms with Crippen LogP contribution in [0.4, 0.5) is 0 Å². The van der Waals surface area contributed by atoms with Crippen LogP contribution in [0.1, 0.15) is 58.8 Å². The van der Waals surface area contributed by atoms with Gasteiger partial charge in [0.25, 0.3) is 0 Å². The highest BCUT2D eigenvalue weighted by Crippen LogP contribution is 2.64. The van der Waals surface area contributed by atoms with Crippen molar-refractivity contribution in [2.45, 2.75) is 71.0 Å². The number of aliphatic hydroxyl groups is 2. The van der Waals surface area contributed by atoms with Crippen LogP contribution < -0.4 is 0 Å². The summed E-state index contributed by atoms with van der Waals surface area (Å²) in [4.78, 5) is 0. The number of nitrogens with zero attached hydrogens (tertiary/aromatic N) is 1. The lowest BCUT2D eigenvalue weighted by Gasteiger charge is -2.58. The summed E-state index contributed by atoms with van der Waals surface area (Å²) >= 11 is 0. The third kappa shape index (κ3) is 2.00. The van der Waals surface area contributed by atoms with Crippen LogP contribution in [0.15, 0.2) is 16.8 Å². The van der Waals surface area contributed by atoms with Gasteiger partial charge in [-0.1, -0.05) is 25.1 Å². The molecule has 128 valence electrons. The molecule has 0 radical (unpaired) electrons. The Morgan fingerprint density at radius 1 is 1.04 bits per heavy atom. The van der Waals surface area contributed by atoms with Crippen molar-refractivity contribution in [3.63, 3.8) is 0 Å². The van der Waals surface area contributed by atoms with Crippen molar-refractivity contribution >= 4 is 5.71 Å². The zero-order valence-corrected chi connectivity index (χ0v) is 14.2. The van der Waals surface area contributed by atoms with Crippen molar-refractivity contribution in [2.24, 2.45) is 33.7 Å². The van der Waals surface area contributed by atoms with E-state index in [1.165, 1.54) is 0 Å². The molecule has 4 nitrogen and oxygen atoms in total. The fraction of sp³-hybridized carbons (Fsp3) is 0.842. The van der Waals surface area contributed by atoms with Gasteiger partial charge in [-0.05, 0) is 79.1 Å². The van der Waals surface area contributed by atoms with Crippen LogP contribution >= 0.6 is 0 Å². The van der Waals surface area contributed by atoms with Gasteiger partial charge in [0, 0.05) is 0 Å². The van der Waals surface area contributed by atoms with Crippen molar-refractivity contribution in [1.82, 2.24) is 0 Å². The predicted molar refractivity (Wildman–Crippen MR) is 88.3 cm³/mol. The molecule has 4 heteroatoms. The van der Waals surface area contributed by atoms with E-state index in [0.29, 0.717) is 17.8 Å². The molecule has 3 fully saturated rings. The van der Waals surface area contributed by atoms with Crippen LogP contribution in [0.25, 0.3) is 0 Å². The maximum absolute atomic E-state index is 10.5. The molecule has 4 aliphatic carbocycles. The molecule has 0 amide bonds. The van der Waals surface area contributed by atoms with Crippen molar-refractivity contribution in [3.8, 4) is 0 Å². The second kappa shape index (κ2) is 5.06. The van der Waals surface area contributed by atoms with E-state index in [1.807, 2.05) is 6.08 Å². The third-order valence-corrected chi connectivity index (χ3v) is 8.00. The van der Waals surface area contributed by atoms with Crippen LogP contribution in [-0.2, 0) is 0 Å². The van der Waals surface area contributed by atoms with E-state index in [9.17, 15) is 15.4 Å². The first kappa shape index (κ1) is 15.6. The summed E-state index contributed by atoms with van der Waals surface area (Å²) < 4.78 is 0. The minimum absolute atomic E-state index is 0.0125. The van der Waals surface area contributed by atoms with Crippen molar-refractivity contribution in [1.29, 1.82) is 0 Å². The number of fused-ring (bicyclic) bond motifs is 5. The molecule has 23 heavy (non-hydrogen) atoms. The Morgan fingerprint density at radius 3 is 2.57 bits per heavy atom. The van der Waals surface area contributed by atoms with Gasteiger partial charge in [0.1, 0.15) is 0 Å². The Labute approximate surface area is 138 Å². The summed E-state index contributed by atoms with van der Waals surface area (Å²) in [5.41, 5.74) is 1.91. The van der Waals surface area contributed by atoms with Gasteiger partial charge >= 0.3 is 0 Å². The fourth-order valence-corrected chi connectivity index (χ4v) is 6.62. The van der Waals surface area contributed by atoms with Crippen LogP contribution in [0.2, 0.25) is 0 Å². The van der Waals surface area contributed by atoms with Crippen molar-refractivity contribution < 1.29 is 15.4 Å². The maximum Gasteiger partial charge on any atom is 0.0833 e. The molecule has 3 N–H and O–H groups in total. The summed E-state index contributed by atoms with van der Waals surface area (Å²) in [6, 6.07) is 0. The second-order valence-corrected chi connectivity index (χ2v) is 8.87. The molecular weight excluding hydrogens is 290 g/mol. The monoisotopic (exact) mass is 319 g/mol. The SMILES string of the molecule is CC12CCC(O)C=C1/C(=N/O)CC1C2CCC2(C)C(O)CCC12. The lowest BCUT2D eigenvalue weighted by atomic mass is 9.47. The Kier molecular flexibility index (Phi) is 3.44. The van der Waals surface area contributed by atoms with Gasteiger partial charge in [-0.25, -0.2) is 0 Å². The van der Waals surface area contributed by atoms with Crippen molar-refractivity contribution in [3.05, 3.63) is 11.6 Å². The van der Waals surface area contributed by atoms with E-state index >= 15 is 0 Å². The predicted octanol–water partition coefficient (Wildman–Crippen LogP) is 3.11. The first-order chi connectivity index (χ1) is 10.9. The van der Waals surface area contributed by atoms with Gasteiger partial charge in [-0.2, -0.15) is 0 Å². The highest BCUT2D eigenvalue weighted by molar-refractivity contribution is 6.02. The Balaban J connectivity index is 1.76. The lowest BCUT2D eigenvalue weighted by Crippen LogP contribution is -2.53. The molecule has 0 saturated heterocycles. The zero-order valence-electron chi connectivity index (χ0n) is 14.2. The Bertz CT molecular complexity index is 571. The van der Waals surface area contributed by atoms with Gasteiger partial charge in [-0.3, -0.25) is 0 Å². The molecule has 0 aromatic carbocycles. The van der Waals surface area contributed by atoms with Gasteiger partial charge in [0.05, 0.1) is 17.9 Å². The molecule has 0 aromatic rings. The Morgan fingerprint density at radius 2 is 1.83 bits per heavy atom. The van der Waals surface area contributed by atoms with Gasteiger partial charge in [-0.15, -0.1) is 0 Å². The van der Waals surface area contributed by atoms with Crippen LogP contribution in [0.5, 0.6) is 0 Å². The zero-order chi connectivity index (χ0) is 16.4. The maximum atomic E-state index is 10.5. The average molecular weight is 319 g/mol. The van der Waals surface area contributed by atoms with E-state index in [-0.39, 0.29) is 16.9 Å². The highest BCUT2D eigenvalue weighted by Gasteiger charge is 2.60. The summed E-state index contributed by atoms with van der Waals surface area (Å²) in [5.74, 6) is 1.60. The summed E-state index contributed by atoms with van der Waals surface area (Å²) in [5, 5.41) is 33.8. The summed E-state index contributed by atoms with van der Waals surface area (Å²) in [6.07, 6.45) is 8.14. The van der Waals surface area contributed by atoms with E-state index in [1.54, 1.807) is 0 Å². The molecule has 0 spiro atoms. The molecule has 0 heterocycles. The quantitative estimate of drug-likeness (QED) is 0.474. The first-order valence-corrected chi connectivity index (χ1v) is 9.20. The van der Waals surface area contributed by atoms with E-state index in [0.717, 1.165) is 56.2 Å². The van der Waals surface area contributed by atoms with Crippen molar-refractivity contribution in [2.75, 3.05) is 0 Å². The minimum atomic E-state index is -0.409. The average Bonchev–Trinajstić information content (AvgIpc) is 2.83. The molecule has 0 bridgehead atoms. The number of allylic oxidation sites excluding steroid dienone is 1. The van der Waals surface area contributed by atoms with Crippen LogP contribution in [0.3, 0.4) is 0 Å². The molecular formula is C19H29NO3. The molecule has 3 saturated carbocycles. The molecule has 7 atom stereocenters. The second-order valence-electron chi connectivity index (χ2n) is 8.87. The molecule has 4 aliphatic rings. The van der Waals surface area contributed by atoms with Crippen LogP contribution in [-0.4, -0.2) is 33.3 Å². The first-order valence-electron chi connectivity index (χ1n) is 9.20. The number of oxime groups is 1. The topological polar surface area (TPSA) is 73.1 Å². The third-order valence-electron chi connectivity index (χ3n) is 8.00. The number of rotatable bonds is 0. The van der Waals surface area contributed by atoms with E-state index in [4.69, 9.17) is 0 Å². The molecule has 0 aliphatic heterocycles. The molecule has 7 unspecified atom stereocenters. The number of aliphatic hydroxyl groups excluding tert-OH is 2. The fourth-order valence-electron chi connectivity index (χ4n) is 6.62. The van der Waals surface area contributed by atoms with Gasteiger partial charge in [0.15, 0.2) is 0 Å². The van der Waals surface area contributed by atoms with Gasteiger partial charge < -0.3 is 15.4 Å². The lowest BCUT2D eigenvalue weighted by molar-refractivity contribution is -0.0638. The largest absolute Gasteiger partial charge is 0.411 e. The van der Waals surface area contributed by atoms with E-state index < -0.39 is 6.10 Å². The number of hydrogen-bond acceptors (Lipinski definition) is 4. The Hall–Kier alpha value is -0.870. The standard InChI is InChI=1S/C19H29NO3/c1-18-7-5-11(21)9-15(18)16(20-23)10-12-13-3-4-17(22)19(13,2)8-6-14(12)18/h9,11-14,17,21-23H,3-8,10H2,1-2H3/b20-16+. The molecule has 0 aromatic heterocycles. The highest BCUT2D eigenvalue weighted by atomic mass is 16.4.